The summed E-state index contributed by atoms with van der Waals surface area (Å²) in [5.41, 5.74) is 0. The van der Waals surface area contributed by atoms with Crippen LogP contribution < -0.4 is 4.74 Å². The first kappa shape index (κ1) is 16.3. The van der Waals surface area contributed by atoms with Crippen LogP contribution in [0.5, 0.6) is 5.75 Å². The van der Waals surface area contributed by atoms with Crippen LogP contribution in [0, 0.1) is 5.92 Å². The standard InChI is InChI=1S/C16H25N3O4/c1-18-7-13(6-17-18)23-15-9-19(8-14(15)20)16(21)11-22-10-12-4-2-3-5-12/h6-7,12,14-15,20H,2-5,8-11H2,1H3/t14-,15-/m1/s1. The number of amides is 1. The zero-order valence-corrected chi connectivity index (χ0v) is 13.6. The second-order valence-corrected chi connectivity index (χ2v) is 6.54. The molecule has 2 heterocycles. The van der Waals surface area contributed by atoms with E-state index < -0.39 is 12.2 Å². The molecule has 1 aromatic heterocycles. The monoisotopic (exact) mass is 323 g/mol. The number of aliphatic hydroxyl groups excluding tert-OH is 1. The van der Waals surface area contributed by atoms with E-state index in [0.717, 1.165) is 0 Å². The molecule has 0 radical (unpaired) electrons. The van der Waals surface area contributed by atoms with Gasteiger partial charge >= 0.3 is 0 Å². The van der Waals surface area contributed by atoms with Crippen LogP contribution in [0.1, 0.15) is 25.7 Å². The number of likely N-dealkylation sites (tertiary alicyclic amines) is 1. The number of aliphatic hydroxyl groups is 1. The van der Waals surface area contributed by atoms with Gasteiger partial charge in [0.05, 0.1) is 32.1 Å². The summed E-state index contributed by atoms with van der Waals surface area (Å²) in [5, 5.41) is 14.1. The fourth-order valence-corrected chi connectivity index (χ4v) is 3.29. The lowest BCUT2D eigenvalue weighted by atomic mass is 10.1. The number of hydrogen-bond acceptors (Lipinski definition) is 5. The molecule has 1 aromatic rings. The molecule has 2 fully saturated rings. The molecule has 0 bridgehead atoms. The number of carbonyl (C=O) groups excluding carboxylic acids is 1. The van der Waals surface area contributed by atoms with Crippen molar-refractivity contribution in [1.29, 1.82) is 0 Å². The Morgan fingerprint density at radius 2 is 2.17 bits per heavy atom. The zero-order valence-electron chi connectivity index (χ0n) is 13.6. The van der Waals surface area contributed by atoms with Gasteiger partial charge in [-0.1, -0.05) is 12.8 Å². The number of aryl methyl sites for hydroxylation is 1. The van der Waals surface area contributed by atoms with Crippen LogP contribution in [0.15, 0.2) is 12.4 Å². The maximum atomic E-state index is 12.2. The molecule has 3 rings (SSSR count). The van der Waals surface area contributed by atoms with E-state index in [0.29, 0.717) is 24.8 Å². The summed E-state index contributed by atoms with van der Waals surface area (Å²) >= 11 is 0. The van der Waals surface area contributed by atoms with Gasteiger partial charge < -0.3 is 19.5 Å². The highest BCUT2D eigenvalue weighted by Gasteiger charge is 2.35. The first-order valence-electron chi connectivity index (χ1n) is 8.30. The molecule has 2 atom stereocenters. The highest BCUT2D eigenvalue weighted by Crippen LogP contribution is 2.24. The molecule has 2 aliphatic rings. The van der Waals surface area contributed by atoms with Gasteiger partial charge in [-0.05, 0) is 18.8 Å². The molecule has 0 unspecified atom stereocenters. The Morgan fingerprint density at radius 1 is 1.39 bits per heavy atom. The highest BCUT2D eigenvalue weighted by atomic mass is 16.5. The minimum Gasteiger partial charge on any atom is -0.482 e. The lowest BCUT2D eigenvalue weighted by Crippen LogP contribution is -2.34. The van der Waals surface area contributed by atoms with Crippen LogP contribution in [0.2, 0.25) is 0 Å². The minimum atomic E-state index is -0.686. The molecule has 7 heteroatoms. The van der Waals surface area contributed by atoms with Gasteiger partial charge in [-0.3, -0.25) is 9.48 Å². The third-order valence-electron chi connectivity index (χ3n) is 4.61. The van der Waals surface area contributed by atoms with E-state index in [1.807, 2.05) is 0 Å². The van der Waals surface area contributed by atoms with Crippen LogP contribution in [-0.2, 0) is 16.6 Å². The normalized spacial score (nSPS) is 25.2. The predicted octanol–water partition coefficient (Wildman–Crippen LogP) is 0.577. The van der Waals surface area contributed by atoms with Crippen molar-refractivity contribution in [3.63, 3.8) is 0 Å². The Labute approximate surface area is 136 Å². The van der Waals surface area contributed by atoms with Crippen molar-refractivity contribution in [2.75, 3.05) is 26.3 Å². The lowest BCUT2D eigenvalue weighted by Gasteiger charge is -2.17. The van der Waals surface area contributed by atoms with Crippen LogP contribution >= 0.6 is 0 Å². The quantitative estimate of drug-likeness (QED) is 0.828. The number of nitrogens with zero attached hydrogens (tertiary/aromatic N) is 3. The summed E-state index contributed by atoms with van der Waals surface area (Å²) in [6.07, 6.45) is 7.19. The number of rotatable bonds is 6. The van der Waals surface area contributed by atoms with Gasteiger partial charge in [0.2, 0.25) is 5.91 Å². The summed E-state index contributed by atoms with van der Waals surface area (Å²) in [7, 11) is 1.80. The van der Waals surface area contributed by atoms with E-state index in [1.165, 1.54) is 25.7 Å². The van der Waals surface area contributed by atoms with E-state index >= 15 is 0 Å². The second kappa shape index (κ2) is 7.31. The summed E-state index contributed by atoms with van der Waals surface area (Å²) in [6.45, 7) is 1.42. The lowest BCUT2D eigenvalue weighted by molar-refractivity contribution is -0.136. The Morgan fingerprint density at radius 3 is 2.87 bits per heavy atom. The van der Waals surface area contributed by atoms with Crippen LogP contribution in [0.25, 0.3) is 0 Å². The topological polar surface area (TPSA) is 76.8 Å². The predicted molar refractivity (Wildman–Crippen MR) is 83.0 cm³/mol. The molecule has 7 nitrogen and oxygen atoms in total. The van der Waals surface area contributed by atoms with E-state index in [2.05, 4.69) is 5.10 Å². The Kier molecular flexibility index (Phi) is 5.17. The fraction of sp³-hybridized carbons (Fsp3) is 0.750. The van der Waals surface area contributed by atoms with Crippen molar-refractivity contribution < 1.29 is 19.4 Å². The average Bonchev–Trinajstić information content (AvgIpc) is 3.23. The molecular weight excluding hydrogens is 298 g/mol. The van der Waals surface area contributed by atoms with Gasteiger partial charge in [0.15, 0.2) is 5.75 Å². The van der Waals surface area contributed by atoms with Gasteiger partial charge in [-0.15, -0.1) is 0 Å². The molecule has 1 aliphatic carbocycles. The number of β-amino-alcohol motifs (C(OH)–C–C–N with tert-alkyl or cyclic N) is 1. The van der Waals surface area contributed by atoms with Crippen molar-refractivity contribution in [3.8, 4) is 5.75 Å². The SMILES string of the molecule is Cn1cc(O[C@@H]2CN(C(=O)COCC3CCCC3)C[C@H]2O)cn1. The van der Waals surface area contributed by atoms with E-state index in [9.17, 15) is 9.90 Å². The number of hydrogen-bond donors (Lipinski definition) is 1. The molecule has 1 aliphatic heterocycles. The number of carbonyl (C=O) groups is 1. The summed E-state index contributed by atoms with van der Waals surface area (Å²) in [4.78, 5) is 13.8. The van der Waals surface area contributed by atoms with Gasteiger partial charge in [0, 0.05) is 7.05 Å². The molecule has 1 N–H and O–H groups in total. The number of aromatic nitrogens is 2. The van der Waals surface area contributed by atoms with Crippen molar-refractivity contribution in [1.82, 2.24) is 14.7 Å². The first-order chi connectivity index (χ1) is 11.1. The van der Waals surface area contributed by atoms with Crippen molar-refractivity contribution in [3.05, 3.63) is 12.4 Å². The van der Waals surface area contributed by atoms with E-state index in [4.69, 9.17) is 9.47 Å². The Balaban J connectivity index is 1.42. The highest BCUT2D eigenvalue weighted by molar-refractivity contribution is 5.77. The maximum Gasteiger partial charge on any atom is 0.248 e. The third-order valence-corrected chi connectivity index (χ3v) is 4.61. The minimum absolute atomic E-state index is 0.0840. The largest absolute Gasteiger partial charge is 0.482 e. The summed E-state index contributed by atoms with van der Waals surface area (Å²) in [5.74, 6) is 1.12. The Hall–Kier alpha value is -1.60. The summed E-state index contributed by atoms with van der Waals surface area (Å²) in [6, 6.07) is 0. The molecular formula is C16H25N3O4. The zero-order chi connectivity index (χ0) is 16.2. The van der Waals surface area contributed by atoms with Crippen LogP contribution in [0.3, 0.4) is 0 Å². The smallest absolute Gasteiger partial charge is 0.248 e. The third kappa shape index (κ3) is 4.23. The molecule has 1 saturated heterocycles. The molecule has 23 heavy (non-hydrogen) atoms. The molecule has 128 valence electrons. The maximum absolute atomic E-state index is 12.2. The molecule has 0 aromatic carbocycles. The number of ether oxygens (including phenoxy) is 2. The second-order valence-electron chi connectivity index (χ2n) is 6.54. The van der Waals surface area contributed by atoms with Crippen molar-refractivity contribution in [2.45, 2.75) is 37.9 Å². The molecule has 1 saturated carbocycles. The molecule has 1 amide bonds. The van der Waals surface area contributed by atoms with Crippen LogP contribution in [-0.4, -0.2) is 64.2 Å². The fourth-order valence-electron chi connectivity index (χ4n) is 3.29. The average molecular weight is 323 g/mol. The van der Waals surface area contributed by atoms with E-state index in [1.54, 1.807) is 29.0 Å². The molecule has 0 spiro atoms. The van der Waals surface area contributed by atoms with Crippen molar-refractivity contribution in [2.24, 2.45) is 13.0 Å². The van der Waals surface area contributed by atoms with Gasteiger partial charge in [-0.25, -0.2) is 0 Å². The first-order valence-corrected chi connectivity index (χ1v) is 8.30. The van der Waals surface area contributed by atoms with Crippen molar-refractivity contribution >= 4 is 5.91 Å². The Bertz CT molecular complexity index is 527. The van der Waals surface area contributed by atoms with E-state index in [-0.39, 0.29) is 19.1 Å². The van der Waals surface area contributed by atoms with Gasteiger partial charge in [0.25, 0.3) is 0 Å². The van der Waals surface area contributed by atoms with Gasteiger partial charge in [-0.2, -0.15) is 5.10 Å². The summed E-state index contributed by atoms with van der Waals surface area (Å²) < 4.78 is 12.9. The van der Waals surface area contributed by atoms with Gasteiger partial charge in [0.1, 0.15) is 18.8 Å². The van der Waals surface area contributed by atoms with Crippen LogP contribution in [0.4, 0.5) is 0 Å².